The van der Waals surface area contributed by atoms with Gasteiger partial charge in [0.15, 0.2) is 0 Å². The second-order valence-electron chi connectivity index (χ2n) is 3.87. The minimum Gasteiger partial charge on any atom is -0.507 e. The molecule has 0 unspecified atom stereocenters. The van der Waals surface area contributed by atoms with Gasteiger partial charge in [0.1, 0.15) is 11.3 Å². The van der Waals surface area contributed by atoms with Gasteiger partial charge in [-0.15, -0.1) is 0 Å². The summed E-state index contributed by atoms with van der Waals surface area (Å²) in [5, 5.41) is 8.77. The van der Waals surface area contributed by atoms with E-state index in [1.807, 2.05) is 4.72 Å². The maximum absolute atomic E-state index is 11.6. The molecule has 1 heterocycles. The number of hydrogen-bond acceptors (Lipinski definition) is 5. The third-order valence-electron chi connectivity index (χ3n) is 2.12. The predicted octanol–water partition coefficient (Wildman–Crippen LogP) is 0.564. The number of sulfonamides is 1. The average molecular weight is 258 g/mol. The highest BCUT2D eigenvalue weighted by Gasteiger charge is 2.21. The molecule has 1 aromatic rings. The van der Waals surface area contributed by atoms with Crippen LogP contribution in [0.4, 0.5) is 0 Å². The molecule has 0 aliphatic rings. The molecule has 0 atom stereocenters. The topological polar surface area (TPSA) is 96.4 Å². The first-order chi connectivity index (χ1) is 7.74. The standard InChI is InChI=1S/C10H14N2O4S/c1-6(2)17(15,16)12-10(14)8-5-11-7(3)4-9(8)13/h4-6H,1-3H3,(H,11,13)(H,12,14). The molecule has 0 aliphatic heterocycles. The number of carbonyl (C=O) groups excluding carboxylic acids is 1. The van der Waals surface area contributed by atoms with Crippen LogP contribution in [0, 0.1) is 6.92 Å². The van der Waals surface area contributed by atoms with Crippen LogP contribution in [0.15, 0.2) is 12.3 Å². The number of aryl methyl sites for hydroxylation is 1. The van der Waals surface area contributed by atoms with Gasteiger partial charge >= 0.3 is 0 Å². The second-order valence-corrected chi connectivity index (χ2v) is 6.10. The van der Waals surface area contributed by atoms with E-state index in [-0.39, 0.29) is 11.3 Å². The van der Waals surface area contributed by atoms with Crippen molar-refractivity contribution >= 4 is 15.9 Å². The summed E-state index contributed by atoms with van der Waals surface area (Å²) in [6.45, 7) is 4.54. The minimum atomic E-state index is -3.71. The van der Waals surface area contributed by atoms with Crippen LogP contribution in [0.25, 0.3) is 0 Å². The Balaban J connectivity index is 2.99. The monoisotopic (exact) mass is 258 g/mol. The van der Waals surface area contributed by atoms with Gasteiger partial charge in [0, 0.05) is 18.0 Å². The Bertz CT molecular complexity index is 537. The third-order valence-corrected chi connectivity index (χ3v) is 3.83. The first-order valence-electron chi connectivity index (χ1n) is 4.95. The molecular weight excluding hydrogens is 244 g/mol. The van der Waals surface area contributed by atoms with Crippen molar-refractivity contribution in [1.82, 2.24) is 9.71 Å². The van der Waals surface area contributed by atoms with Gasteiger partial charge in [-0.2, -0.15) is 0 Å². The molecule has 0 saturated heterocycles. The lowest BCUT2D eigenvalue weighted by molar-refractivity contribution is 0.0978. The molecule has 0 bridgehead atoms. The number of amides is 1. The summed E-state index contributed by atoms with van der Waals surface area (Å²) in [6, 6.07) is 1.29. The molecule has 1 amide bonds. The fourth-order valence-corrected chi connectivity index (χ4v) is 1.63. The smallest absolute Gasteiger partial charge is 0.270 e. The molecule has 0 aromatic carbocycles. The lowest BCUT2D eigenvalue weighted by Gasteiger charge is -2.10. The molecule has 17 heavy (non-hydrogen) atoms. The van der Waals surface area contributed by atoms with Crippen LogP contribution >= 0.6 is 0 Å². The van der Waals surface area contributed by atoms with Crippen LogP contribution in [0.3, 0.4) is 0 Å². The summed E-state index contributed by atoms with van der Waals surface area (Å²) in [5.41, 5.74) is 0.366. The fourth-order valence-electron chi connectivity index (χ4n) is 1.02. The van der Waals surface area contributed by atoms with Gasteiger partial charge in [-0.3, -0.25) is 9.78 Å². The second kappa shape index (κ2) is 4.70. The number of pyridine rings is 1. The highest BCUT2D eigenvalue weighted by Crippen LogP contribution is 2.16. The molecule has 2 N–H and O–H groups in total. The zero-order valence-corrected chi connectivity index (χ0v) is 10.6. The number of rotatable bonds is 3. The molecule has 0 saturated carbocycles. The molecule has 0 fully saturated rings. The van der Waals surface area contributed by atoms with Crippen LogP contribution in [0.1, 0.15) is 29.9 Å². The van der Waals surface area contributed by atoms with E-state index >= 15 is 0 Å². The molecule has 0 radical (unpaired) electrons. The van der Waals surface area contributed by atoms with Crippen LogP contribution in [-0.4, -0.2) is 29.7 Å². The molecule has 1 rings (SSSR count). The van der Waals surface area contributed by atoms with Crippen molar-refractivity contribution in [1.29, 1.82) is 0 Å². The number of nitrogens with one attached hydrogen (secondary N) is 1. The molecule has 6 nitrogen and oxygen atoms in total. The molecule has 0 spiro atoms. The van der Waals surface area contributed by atoms with E-state index in [0.29, 0.717) is 5.69 Å². The van der Waals surface area contributed by atoms with Crippen LogP contribution in [-0.2, 0) is 10.0 Å². The third kappa shape index (κ3) is 3.16. The zero-order valence-electron chi connectivity index (χ0n) is 9.76. The summed E-state index contributed by atoms with van der Waals surface area (Å²) in [5.74, 6) is -1.18. The fraction of sp³-hybridized carbons (Fsp3) is 0.400. The number of aromatic nitrogens is 1. The number of nitrogens with zero attached hydrogens (tertiary/aromatic N) is 1. The predicted molar refractivity (Wildman–Crippen MR) is 62.2 cm³/mol. The van der Waals surface area contributed by atoms with Gasteiger partial charge < -0.3 is 5.11 Å². The van der Waals surface area contributed by atoms with Crippen molar-refractivity contribution in [2.75, 3.05) is 0 Å². The Morgan fingerprint density at radius 1 is 1.47 bits per heavy atom. The molecule has 1 aromatic heterocycles. The van der Waals surface area contributed by atoms with E-state index in [9.17, 15) is 18.3 Å². The van der Waals surface area contributed by atoms with E-state index in [1.54, 1.807) is 6.92 Å². The summed E-state index contributed by atoms with van der Waals surface area (Å²) >= 11 is 0. The largest absolute Gasteiger partial charge is 0.507 e. The van der Waals surface area contributed by atoms with Gasteiger partial charge in [-0.25, -0.2) is 13.1 Å². The highest BCUT2D eigenvalue weighted by molar-refractivity contribution is 7.90. The Labute approximate surface area is 99.7 Å². The van der Waals surface area contributed by atoms with Crippen molar-refractivity contribution in [3.63, 3.8) is 0 Å². The van der Waals surface area contributed by atoms with Crippen LogP contribution in [0.5, 0.6) is 5.75 Å². The molecule has 0 aliphatic carbocycles. The van der Waals surface area contributed by atoms with Crippen LogP contribution < -0.4 is 4.72 Å². The quantitative estimate of drug-likeness (QED) is 0.826. The van der Waals surface area contributed by atoms with Crippen LogP contribution in [0.2, 0.25) is 0 Å². The Morgan fingerprint density at radius 2 is 2.06 bits per heavy atom. The van der Waals surface area contributed by atoms with E-state index in [4.69, 9.17) is 0 Å². The Morgan fingerprint density at radius 3 is 2.53 bits per heavy atom. The summed E-state index contributed by atoms with van der Waals surface area (Å²) in [7, 11) is -3.71. The first-order valence-corrected chi connectivity index (χ1v) is 6.50. The van der Waals surface area contributed by atoms with Gasteiger partial charge in [-0.1, -0.05) is 0 Å². The average Bonchev–Trinajstić information content (AvgIpc) is 2.15. The van der Waals surface area contributed by atoms with Crippen molar-refractivity contribution < 1.29 is 18.3 Å². The summed E-state index contributed by atoms with van der Waals surface area (Å²) in [4.78, 5) is 15.4. The van der Waals surface area contributed by atoms with E-state index in [2.05, 4.69) is 4.98 Å². The number of carbonyl (C=O) groups is 1. The van der Waals surface area contributed by atoms with E-state index in [1.165, 1.54) is 19.9 Å². The van der Waals surface area contributed by atoms with Crippen molar-refractivity contribution in [2.45, 2.75) is 26.0 Å². The van der Waals surface area contributed by atoms with Gasteiger partial charge in [0.05, 0.1) is 5.25 Å². The van der Waals surface area contributed by atoms with Crippen molar-refractivity contribution in [3.8, 4) is 5.75 Å². The number of aromatic hydroxyl groups is 1. The van der Waals surface area contributed by atoms with Gasteiger partial charge in [-0.05, 0) is 20.8 Å². The van der Waals surface area contributed by atoms with E-state index in [0.717, 1.165) is 6.20 Å². The van der Waals surface area contributed by atoms with Gasteiger partial charge in [0.2, 0.25) is 10.0 Å². The zero-order chi connectivity index (χ0) is 13.2. The Kier molecular flexibility index (Phi) is 3.72. The molecule has 94 valence electrons. The molecule has 7 heteroatoms. The summed E-state index contributed by atoms with van der Waals surface area (Å²) in [6.07, 6.45) is 1.13. The minimum absolute atomic E-state index is 0.167. The van der Waals surface area contributed by atoms with E-state index < -0.39 is 21.2 Å². The lowest BCUT2D eigenvalue weighted by atomic mass is 10.2. The van der Waals surface area contributed by atoms with Gasteiger partial charge in [0.25, 0.3) is 5.91 Å². The highest BCUT2D eigenvalue weighted by atomic mass is 32.2. The maximum atomic E-state index is 11.6. The molecular formula is C10H14N2O4S. The normalized spacial score (nSPS) is 11.5. The number of hydrogen-bond donors (Lipinski definition) is 2. The Hall–Kier alpha value is -1.63. The van der Waals surface area contributed by atoms with Crippen molar-refractivity contribution in [3.05, 3.63) is 23.5 Å². The maximum Gasteiger partial charge on any atom is 0.270 e. The SMILES string of the molecule is Cc1cc(O)c(C(=O)NS(=O)(=O)C(C)C)cn1. The first kappa shape index (κ1) is 13.4. The lowest BCUT2D eigenvalue weighted by Crippen LogP contribution is -2.35. The van der Waals surface area contributed by atoms with Crippen molar-refractivity contribution in [2.24, 2.45) is 0 Å². The summed E-state index contributed by atoms with van der Waals surface area (Å²) < 4.78 is 24.8.